The van der Waals surface area contributed by atoms with E-state index in [2.05, 4.69) is 55.6 Å². The summed E-state index contributed by atoms with van der Waals surface area (Å²) in [5.41, 5.74) is 0. The Morgan fingerprint density at radius 3 is 1.39 bits per heavy atom. The van der Waals surface area contributed by atoms with Gasteiger partial charge in [0, 0.05) is 6.42 Å². The zero-order valence-electron chi connectivity index (χ0n) is 33.5. The molecule has 0 rings (SSSR count). The van der Waals surface area contributed by atoms with Gasteiger partial charge in [-0.25, -0.2) is 0 Å². The summed E-state index contributed by atoms with van der Waals surface area (Å²) < 4.78 is 32.6. The van der Waals surface area contributed by atoms with Gasteiger partial charge in [0.2, 0.25) is 5.91 Å². The van der Waals surface area contributed by atoms with Crippen LogP contribution in [-0.4, -0.2) is 41.9 Å². The van der Waals surface area contributed by atoms with E-state index in [-0.39, 0.29) is 5.91 Å². The smallest absolute Gasteiger partial charge is 0.266 e. The van der Waals surface area contributed by atoms with Gasteiger partial charge in [-0.3, -0.25) is 9.35 Å². The highest BCUT2D eigenvalue weighted by Crippen LogP contribution is 2.16. The SMILES string of the molecule is CC/C=C\C/C=C\C/C=C\CCCCCCCC(=O)NC(CS(=O)(=O)O)C(O)CCCCCCCCCCCCCCCCCCCCCCC. The Bertz CT molecular complexity index is 945. The number of nitrogens with one attached hydrogen (secondary N) is 1. The summed E-state index contributed by atoms with van der Waals surface area (Å²) in [5, 5.41) is 13.4. The molecule has 0 bridgehead atoms. The topological polar surface area (TPSA) is 104 Å². The highest BCUT2D eigenvalue weighted by molar-refractivity contribution is 7.85. The molecule has 6 nitrogen and oxygen atoms in total. The van der Waals surface area contributed by atoms with Crippen LogP contribution in [-0.2, 0) is 14.9 Å². The third-order valence-electron chi connectivity index (χ3n) is 9.86. The van der Waals surface area contributed by atoms with E-state index in [9.17, 15) is 22.9 Å². The molecule has 3 N–H and O–H groups in total. The van der Waals surface area contributed by atoms with Crippen molar-refractivity contribution in [2.75, 3.05) is 5.75 Å². The summed E-state index contributed by atoms with van der Waals surface area (Å²) in [7, 11) is -4.32. The lowest BCUT2D eigenvalue weighted by atomic mass is 10.0. The largest absolute Gasteiger partial charge is 0.391 e. The van der Waals surface area contributed by atoms with Gasteiger partial charge in [-0.15, -0.1) is 0 Å². The molecular weight excluding hydrogens is 655 g/mol. The lowest BCUT2D eigenvalue weighted by Crippen LogP contribution is -2.47. The van der Waals surface area contributed by atoms with Gasteiger partial charge in [0.05, 0.1) is 17.9 Å². The van der Waals surface area contributed by atoms with E-state index >= 15 is 0 Å². The third kappa shape index (κ3) is 39.6. The van der Waals surface area contributed by atoms with Crippen LogP contribution in [0.25, 0.3) is 0 Å². The van der Waals surface area contributed by atoms with Crippen LogP contribution >= 0.6 is 0 Å². The first-order valence-electron chi connectivity index (χ1n) is 21.7. The maximum Gasteiger partial charge on any atom is 0.266 e. The van der Waals surface area contributed by atoms with Crippen molar-refractivity contribution in [1.82, 2.24) is 5.32 Å². The van der Waals surface area contributed by atoms with E-state index in [0.717, 1.165) is 77.0 Å². The Morgan fingerprint density at radius 1 is 0.549 bits per heavy atom. The lowest BCUT2D eigenvalue weighted by Gasteiger charge is -2.23. The second-order valence-electron chi connectivity index (χ2n) is 14.9. The average Bonchev–Trinajstić information content (AvgIpc) is 3.09. The molecule has 2 unspecified atom stereocenters. The van der Waals surface area contributed by atoms with Crippen molar-refractivity contribution in [3.63, 3.8) is 0 Å². The Balaban J connectivity index is 3.82. The predicted molar refractivity (Wildman–Crippen MR) is 221 cm³/mol. The summed E-state index contributed by atoms with van der Waals surface area (Å²) in [6.07, 6.45) is 49.6. The van der Waals surface area contributed by atoms with E-state index in [0.29, 0.717) is 12.8 Å². The lowest BCUT2D eigenvalue weighted by molar-refractivity contribution is -0.122. The number of aliphatic hydroxyl groups excluding tert-OH is 1. The standard InChI is InChI=1S/C44H83NO5S/c1-3-5-7-9-11-13-15-17-19-20-21-22-23-24-26-27-29-31-33-35-37-39-43(46)42(41-51(48,49)50)45-44(47)40-38-36-34-32-30-28-25-18-16-14-12-10-8-6-4-2/h6,8,12,14,18,25,42-43,46H,3-5,7,9-11,13,15-17,19-24,26-41H2,1-2H3,(H,45,47)(H,48,49,50)/b8-6-,14-12-,25-18-. The minimum absolute atomic E-state index is 0.261. The Hall–Kier alpha value is -1.44. The van der Waals surface area contributed by atoms with Crippen molar-refractivity contribution >= 4 is 16.0 Å². The molecule has 300 valence electrons. The summed E-state index contributed by atoms with van der Waals surface area (Å²) in [6.45, 7) is 4.42. The monoisotopic (exact) mass is 738 g/mol. The average molecular weight is 738 g/mol. The van der Waals surface area contributed by atoms with E-state index in [4.69, 9.17) is 0 Å². The van der Waals surface area contributed by atoms with Crippen LogP contribution in [0.5, 0.6) is 0 Å². The van der Waals surface area contributed by atoms with Crippen molar-refractivity contribution in [3.8, 4) is 0 Å². The van der Waals surface area contributed by atoms with Gasteiger partial charge in [0.25, 0.3) is 10.1 Å². The van der Waals surface area contributed by atoms with Crippen LogP contribution in [0.1, 0.15) is 219 Å². The Morgan fingerprint density at radius 2 is 0.941 bits per heavy atom. The van der Waals surface area contributed by atoms with Crippen molar-refractivity contribution < 1.29 is 22.9 Å². The maximum atomic E-state index is 12.5. The molecule has 0 aromatic heterocycles. The molecule has 0 aromatic rings. The molecule has 0 radical (unpaired) electrons. The van der Waals surface area contributed by atoms with E-state index in [1.54, 1.807) is 0 Å². The molecule has 0 fully saturated rings. The summed E-state index contributed by atoms with van der Waals surface area (Å²) >= 11 is 0. The van der Waals surface area contributed by atoms with Crippen molar-refractivity contribution in [2.24, 2.45) is 0 Å². The van der Waals surface area contributed by atoms with Crippen molar-refractivity contribution in [1.29, 1.82) is 0 Å². The molecule has 0 saturated heterocycles. The second kappa shape index (κ2) is 38.3. The number of hydrogen-bond acceptors (Lipinski definition) is 4. The predicted octanol–water partition coefficient (Wildman–Crippen LogP) is 12.9. The van der Waals surface area contributed by atoms with E-state index in [1.807, 2.05) is 0 Å². The number of allylic oxidation sites excluding steroid dienone is 6. The molecule has 0 aromatic carbocycles. The molecule has 0 aliphatic heterocycles. The van der Waals surface area contributed by atoms with Gasteiger partial charge in [0.1, 0.15) is 0 Å². The van der Waals surface area contributed by atoms with Crippen LogP contribution < -0.4 is 5.32 Å². The highest BCUT2D eigenvalue weighted by Gasteiger charge is 2.26. The maximum absolute atomic E-state index is 12.5. The third-order valence-corrected chi connectivity index (χ3v) is 10.6. The molecular formula is C44H83NO5S. The quantitative estimate of drug-likeness (QED) is 0.0331. The molecule has 0 saturated carbocycles. The fourth-order valence-electron chi connectivity index (χ4n) is 6.65. The minimum Gasteiger partial charge on any atom is -0.391 e. The molecule has 0 spiro atoms. The van der Waals surface area contributed by atoms with Gasteiger partial charge in [-0.2, -0.15) is 8.42 Å². The first kappa shape index (κ1) is 49.6. The number of hydrogen-bond donors (Lipinski definition) is 3. The minimum atomic E-state index is -4.32. The molecule has 0 heterocycles. The number of aliphatic hydroxyl groups is 1. The van der Waals surface area contributed by atoms with Crippen LogP contribution in [0.3, 0.4) is 0 Å². The van der Waals surface area contributed by atoms with Crippen LogP contribution in [0.2, 0.25) is 0 Å². The number of carbonyl (C=O) groups excluding carboxylic acids is 1. The first-order valence-corrected chi connectivity index (χ1v) is 23.3. The molecule has 2 atom stereocenters. The number of rotatable bonds is 39. The molecule has 0 aliphatic carbocycles. The highest BCUT2D eigenvalue weighted by atomic mass is 32.2. The molecule has 0 aliphatic rings. The fourth-order valence-corrected chi connectivity index (χ4v) is 7.41. The molecule has 51 heavy (non-hydrogen) atoms. The van der Waals surface area contributed by atoms with E-state index < -0.39 is 28.0 Å². The number of amides is 1. The van der Waals surface area contributed by atoms with Gasteiger partial charge in [0.15, 0.2) is 0 Å². The van der Waals surface area contributed by atoms with Crippen molar-refractivity contribution in [3.05, 3.63) is 36.5 Å². The fraction of sp³-hybridized carbons (Fsp3) is 0.841. The van der Waals surface area contributed by atoms with Gasteiger partial charge in [-0.1, -0.05) is 204 Å². The zero-order valence-corrected chi connectivity index (χ0v) is 34.3. The van der Waals surface area contributed by atoms with E-state index in [1.165, 1.54) is 116 Å². The van der Waals surface area contributed by atoms with Gasteiger partial charge >= 0.3 is 0 Å². The van der Waals surface area contributed by atoms with Gasteiger partial charge in [-0.05, 0) is 44.9 Å². The zero-order chi connectivity index (χ0) is 37.5. The molecule has 7 heteroatoms. The number of unbranched alkanes of at least 4 members (excludes halogenated alkanes) is 25. The van der Waals surface area contributed by atoms with Crippen molar-refractivity contribution in [2.45, 2.75) is 231 Å². The normalized spacial score (nSPS) is 13.6. The summed E-state index contributed by atoms with van der Waals surface area (Å²) in [4.78, 5) is 12.5. The summed E-state index contributed by atoms with van der Waals surface area (Å²) in [6, 6.07) is -0.980. The van der Waals surface area contributed by atoms with Gasteiger partial charge < -0.3 is 10.4 Å². The molecule has 1 amide bonds. The number of carbonyl (C=O) groups is 1. The van der Waals surface area contributed by atoms with Crippen LogP contribution in [0, 0.1) is 0 Å². The Labute approximate surface area is 316 Å². The Kier molecular flexibility index (Phi) is 37.2. The summed E-state index contributed by atoms with van der Waals surface area (Å²) in [5.74, 6) is -0.916. The van der Waals surface area contributed by atoms with Crippen LogP contribution in [0.4, 0.5) is 0 Å². The first-order chi connectivity index (χ1) is 24.8. The second-order valence-corrected chi connectivity index (χ2v) is 16.4. The van der Waals surface area contributed by atoms with Crippen LogP contribution in [0.15, 0.2) is 36.5 Å².